The molecule has 1 aromatic heterocycles. The molecule has 168 valence electrons. The van der Waals surface area contributed by atoms with Gasteiger partial charge in [-0.2, -0.15) is 0 Å². The number of ether oxygens (including phenoxy) is 2. The molecule has 2 fully saturated rings. The number of tetrazole rings is 1. The van der Waals surface area contributed by atoms with Gasteiger partial charge in [0.25, 0.3) is 0 Å². The van der Waals surface area contributed by atoms with Gasteiger partial charge in [0.15, 0.2) is 17.3 Å². The summed E-state index contributed by atoms with van der Waals surface area (Å²) in [6.07, 6.45) is 6.61. The molecule has 5 rings (SSSR count). The number of hydrogen-bond donors (Lipinski definition) is 0. The van der Waals surface area contributed by atoms with Gasteiger partial charge in [-0.05, 0) is 53.3 Å². The third kappa shape index (κ3) is 4.55. The highest BCUT2D eigenvalue weighted by Crippen LogP contribution is 2.33. The van der Waals surface area contributed by atoms with Crippen molar-refractivity contribution in [3.63, 3.8) is 0 Å². The Balaban J connectivity index is 1.31. The van der Waals surface area contributed by atoms with E-state index in [9.17, 15) is 0 Å². The number of piperazine rings is 1. The standard InChI is InChI=1S/C23H34N6O2/c1-17(2)13-20(28-11-9-27(10-12-28)19-5-3-4-6-19)23-24-25-26-29(23)15-18-7-8-21-22(14-18)31-16-30-21/h7-8,14,17,19-20H,3-6,9-13,15-16H2,1-2H3/t20-/m1/s1. The average Bonchev–Trinajstić information content (AvgIpc) is 3.53. The maximum atomic E-state index is 5.54. The van der Waals surface area contributed by atoms with Crippen molar-refractivity contribution < 1.29 is 9.47 Å². The molecule has 2 aromatic rings. The number of fused-ring (bicyclic) bond motifs is 1. The largest absolute Gasteiger partial charge is 0.454 e. The topological polar surface area (TPSA) is 68.5 Å². The molecule has 1 atom stereocenters. The van der Waals surface area contributed by atoms with E-state index in [2.05, 4.69) is 45.2 Å². The molecule has 8 nitrogen and oxygen atoms in total. The summed E-state index contributed by atoms with van der Waals surface area (Å²) in [6, 6.07) is 7.12. The molecule has 0 bridgehead atoms. The van der Waals surface area contributed by atoms with E-state index in [4.69, 9.17) is 9.47 Å². The lowest BCUT2D eigenvalue weighted by atomic mass is 10.0. The Hall–Kier alpha value is -2.19. The number of hydrogen-bond acceptors (Lipinski definition) is 7. The van der Waals surface area contributed by atoms with Crippen LogP contribution in [0.4, 0.5) is 0 Å². The summed E-state index contributed by atoms with van der Waals surface area (Å²) in [5.74, 6) is 3.15. The van der Waals surface area contributed by atoms with Gasteiger partial charge in [0.2, 0.25) is 6.79 Å². The normalized spacial score (nSPS) is 21.3. The Kier molecular flexibility index (Phi) is 6.09. The maximum Gasteiger partial charge on any atom is 0.231 e. The predicted octanol–water partition coefficient (Wildman–Crippen LogP) is 3.10. The van der Waals surface area contributed by atoms with Crippen LogP contribution in [0.3, 0.4) is 0 Å². The van der Waals surface area contributed by atoms with Crippen molar-refractivity contribution >= 4 is 0 Å². The van der Waals surface area contributed by atoms with E-state index in [1.807, 2.05) is 16.8 Å². The van der Waals surface area contributed by atoms with Crippen LogP contribution in [-0.2, 0) is 6.54 Å². The van der Waals surface area contributed by atoms with Crippen LogP contribution in [0.1, 0.15) is 63.4 Å². The molecular formula is C23H34N6O2. The summed E-state index contributed by atoms with van der Waals surface area (Å²) in [7, 11) is 0. The molecule has 2 aliphatic heterocycles. The van der Waals surface area contributed by atoms with Gasteiger partial charge >= 0.3 is 0 Å². The summed E-state index contributed by atoms with van der Waals surface area (Å²) in [5, 5.41) is 12.9. The van der Waals surface area contributed by atoms with Crippen molar-refractivity contribution in [2.24, 2.45) is 5.92 Å². The molecule has 1 aromatic carbocycles. The minimum atomic E-state index is 0.245. The van der Waals surface area contributed by atoms with Gasteiger partial charge in [-0.3, -0.25) is 9.80 Å². The Morgan fingerprint density at radius 3 is 2.58 bits per heavy atom. The summed E-state index contributed by atoms with van der Waals surface area (Å²) >= 11 is 0. The van der Waals surface area contributed by atoms with Gasteiger partial charge in [-0.25, -0.2) is 4.68 Å². The molecule has 1 aliphatic carbocycles. The van der Waals surface area contributed by atoms with E-state index in [0.29, 0.717) is 12.5 Å². The van der Waals surface area contributed by atoms with Crippen molar-refractivity contribution in [2.45, 2.75) is 64.6 Å². The van der Waals surface area contributed by atoms with Gasteiger partial charge in [-0.15, -0.1) is 5.10 Å². The number of aromatic nitrogens is 4. The fraction of sp³-hybridized carbons (Fsp3) is 0.696. The fourth-order valence-electron chi connectivity index (χ4n) is 5.32. The molecule has 3 heterocycles. The molecule has 0 unspecified atom stereocenters. The van der Waals surface area contributed by atoms with Crippen molar-refractivity contribution in [3.05, 3.63) is 29.6 Å². The van der Waals surface area contributed by atoms with E-state index in [-0.39, 0.29) is 12.8 Å². The molecule has 0 spiro atoms. The monoisotopic (exact) mass is 426 g/mol. The lowest BCUT2D eigenvalue weighted by Gasteiger charge is -2.41. The first-order valence-corrected chi connectivity index (χ1v) is 11.8. The second-order valence-corrected chi connectivity index (χ2v) is 9.54. The highest BCUT2D eigenvalue weighted by atomic mass is 16.7. The van der Waals surface area contributed by atoms with Crippen molar-refractivity contribution in [1.29, 1.82) is 0 Å². The first-order valence-electron chi connectivity index (χ1n) is 11.8. The van der Waals surface area contributed by atoms with E-state index in [0.717, 1.165) is 61.5 Å². The Morgan fingerprint density at radius 1 is 1.03 bits per heavy atom. The van der Waals surface area contributed by atoms with Crippen LogP contribution in [0, 0.1) is 5.92 Å². The predicted molar refractivity (Wildman–Crippen MR) is 117 cm³/mol. The molecule has 1 saturated heterocycles. The summed E-state index contributed by atoms with van der Waals surface area (Å²) in [6.45, 7) is 9.98. The van der Waals surface area contributed by atoms with E-state index >= 15 is 0 Å². The van der Waals surface area contributed by atoms with Crippen molar-refractivity contribution in [2.75, 3.05) is 33.0 Å². The zero-order valence-electron chi connectivity index (χ0n) is 18.7. The molecule has 31 heavy (non-hydrogen) atoms. The SMILES string of the molecule is CC(C)C[C@H](c1nnnn1Cc1ccc2c(c1)OCO2)N1CCN(C2CCCC2)CC1. The van der Waals surface area contributed by atoms with Gasteiger partial charge in [-0.1, -0.05) is 32.8 Å². The molecule has 3 aliphatic rings. The Bertz CT molecular complexity index is 871. The van der Waals surface area contributed by atoms with E-state index in [1.165, 1.54) is 25.7 Å². The Labute approximate surface area is 184 Å². The maximum absolute atomic E-state index is 5.54. The van der Waals surface area contributed by atoms with Crippen molar-refractivity contribution in [1.82, 2.24) is 30.0 Å². The third-order valence-electron chi connectivity index (χ3n) is 6.95. The van der Waals surface area contributed by atoms with Crippen LogP contribution in [-0.4, -0.2) is 69.0 Å². The zero-order valence-corrected chi connectivity index (χ0v) is 18.7. The lowest BCUT2D eigenvalue weighted by molar-refractivity contribution is 0.0588. The van der Waals surface area contributed by atoms with Crippen LogP contribution >= 0.6 is 0 Å². The van der Waals surface area contributed by atoms with Crippen LogP contribution in [0.5, 0.6) is 11.5 Å². The lowest BCUT2D eigenvalue weighted by Crippen LogP contribution is -2.51. The highest BCUT2D eigenvalue weighted by molar-refractivity contribution is 5.44. The van der Waals surface area contributed by atoms with E-state index < -0.39 is 0 Å². The van der Waals surface area contributed by atoms with Gasteiger partial charge in [0, 0.05) is 32.2 Å². The smallest absolute Gasteiger partial charge is 0.231 e. The number of nitrogens with zero attached hydrogens (tertiary/aromatic N) is 6. The molecule has 0 amide bonds. The van der Waals surface area contributed by atoms with Crippen LogP contribution in [0.15, 0.2) is 18.2 Å². The highest BCUT2D eigenvalue weighted by Gasteiger charge is 2.32. The van der Waals surface area contributed by atoms with Crippen molar-refractivity contribution in [3.8, 4) is 11.5 Å². The second kappa shape index (κ2) is 9.12. The molecule has 0 N–H and O–H groups in total. The van der Waals surface area contributed by atoms with Gasteiger partial charge in [0.1, 0.15) is 0 Å². The second-order valence-electron chi connectivity index (χ2n) is 9.54. The van der Waals surface area contributed by atoms with Crippen LogP contribution < -0.4 is 9.47 Å². The summed E-state index contributed by atoms with van der Waals surface area (Å²) in [5.41, 5.74) is 1.12. The molecule has 0 radical (unpaired) electrons. The van der Waals surface area contributed by atoms with E-state index in [1.54, 1.807) is 0 Å². The molecular weight excluding hydrogens is 392 g/mol. The van der Waals surface area contributed by atoms with Gasteiger partial charge in [0.05, 0.1) is 12.6 Å². The minimum absolute atomic E-state index is 0.245. The minimum Gasteiger partial charge on any atom is -0.454 e. The summed E-state index contributed by atoms with van der Waals surface area (Å²) in [4.78, 5) is 5.32. The summed E-state index contributed by atoms with van der Waals surface area (Å²) < 4.78 is 12.9. The molecule has 1 saturated carbocycles. The van der Waals surface area contributed by atoms with Gasteiger partial charge < -0.3 is 9.47 Å². The third-order valence-corrected chi connectivity index (χ3v) is 6.95. The first-order chi connectivity index (χ1) is 15.2. The van der Waals surface area contributed by atoms with Crippen LogP contribution in [0.2, 0.25) is 0 Å². The number of benzene rings is 1. The number of rotatable bonds is 7. The first kappa shape index (κ1) is 20.7. The average molecular weight is 427 g/mol. The fourth-order valence-corrected chi connectivity index (χ4v) is 5.32. The Morgan fingerprint density at radius 2 is 1.81 bits per heavy atom. The van der Waals surface area contributed by atoms with Crippen LogP contribution in [0.25, 0.3) is 0 Å². The quantitative estimate of drug-likeness (QED) is 0.674. The zero-order chi connectivity index (χ0) is 21.2. The molecule has 8 heteroatoms.